The van der Waals surface area contributed by atoms with Crippen molar-refractivity contribution in [3.05, 3.63) is 0 Å². The highest BCUT2D eigenvalue weighted by Gasteiger charge is 2.36. The summed E-state index contributed by atoms with van der Waals surface area (Å²) in [5.74, 6) is -2.70. The predicted molar refractivity (Wildman–Crippen MR) is 55.5 cm³/mol. The van der Waals surface area contributed by atoms with Gasteiger partial charge in [0, 0.05) is 0 Å². The second-order valence-electron chi connectivity index (χ2n) is 4.33. The number of carbonyl (C=O) groups excluding carboxylic acids is 1. The Hall–Kier alpha value is -1.79. The fourth-order valence-electron chi connectivity index (χ4n) is 1.55. The van der Waals surface area contributed by atoms with E-state index < -0.39 is 36.1 Å². The number of alkyl carbamates (subject to hydrolysis) is 1. The summed E-state index contributed by atoms with van der Waals surface area (Å²) in [7, 11) is 0. The van der Waals surface area contributed by atoms with Gasteiger partial charge < -0.3 is 20.3 Å². The van der Waals surface area contributed by atoms with Crippen LogP contribution in [0, 0.1) is 0 Å². The van der Waals surface area contributed by atoms with Crippen LogP contribution < -0.4 is 5.32 Å². The summed E-state index contributed by atoms with van der Waals surface area (Å²) in [6.07, 6.45) is 0.859. The highest BCUT2D eigenvalue weighted by molar-refractivity contribution is 5.84. The molecule has 0 heterocycles. The maximum atomic E-state index is 11.4. The normalized spacial score (nSPS) is 18.6. The van der Waals surface area contributed by atoms with Crippen molar-refractivity contribution in [2.24, 2.45) is 0 Å². The van der Waals surface area contributed by atoms with Gasteiger partial charge in [-0.15, -0.1) is 0 Å². The average molecular weight is 245 g/mol. The Morgan fingerprint density at radius 3 is 2.29 bits per heavy atom. The zero-order valence-electron chi connectivity index (χ0n) is 9.43. The molecular formula is C10H15NO6. The zero-order valence-corrected chi connectivity index (χ0v) is 9.43. The molecule has 1 saturated carbocycles. The molecule has 0 aromatic heterocycles. The molecule has 0 unspecified atom stereocenters. The fourth-order valence-corrected chi connectivity index (χ4v) is 1.55. The first-order chi connectivity index (χ1) is 7.82. The number of carboxylic acids is 2. The molecule has 1 aliphatic rings. The maximum Gasteiger partial charge on any atom is 0.408 e. The first kappa shape index (κ1) is 13.3. The van der Waals surface area contributed by atoms with Gasteiger partial charge in [-0.25, -0.2) is 9.59 Å². The van der Waals surface area contributed by atoms with Crippen molar-refractivity contribution < 1.29 is 29.3 Å². The minimum absolute atomic E-state index is 0.545. The fraction of sp³-hybridized carbons (Fsp3) is 0.700. The number of ether oxygens (including phenoxy) is 1. The first-order valence-corrected chi connectivity index (χ1v) is 5.26. The molecule has 3 N–H and O–H groups in total. The smallest absolute Gasteiger partial charge is 0.408 e. The van der Waals surface area contributed by atoms with E-state index in [2.05, 4.69) is 0 Å². The first-order valence-electron chi connectivity index (χ1n) is 5.26. The summed E-state index contributed by atoms with van der Waals surface area (Å²) in [5, 5.41) is 19.2. The van der Waals surface area contributed by atoms with Gasteiger partial charge in [0.2, 0.25) is 0 Å². The second kappa shape index (κ2) is 5.03. The third-order valence-corrected chi connectivity index (χ3v) is 2.72. The van der Waals surface area contributed by atoms with E-state index in [9.17, 15) is 14.4 Å². The van der Waals surface area contributed by atoms with Gasteiger partial charge in [0.25, 0.3) is 0 Å². The SMILES string of the molecule is CC1(OC(=O)N[C@@H](CC(=O)O)C(=O)O)CCC1. The van der Waals surface area contributed by atoms with Gasteiger partial charge in [-0.05, 0) is 26.2 Å². The zero-order chi connectivity index (χ0) is 13.1. The van der Waals surface area contributed by atoms with E-state index in [1.807, 2.05) is 5.32 Å². The molecule has 1 atom stereocenters. The number of aliphatic carboxylic acids is 2. The van der Waals surface area contributed by atoms with E-state index in [4.69, 9.17) is 14.9 Å². The summed E-state index contributed by atoms with van der Waals surface area (Å²) in [6.45, 7) is 1.75. The lowest BCUT2D eigenvalue weighted by Crippen LogP contribution is -2.47. The van der Waals surface area contributed by atoms with Crippen LogP contribution in [0.5, 0.6) is 0 Å². The Morgan fingerprint density at radius 1 is 1.35 bits per heavy atom. The third kappa shape index (κ3) is 3.93. The van der Waals surface area contributed by atoms with Crippen LogP contribution in [0.1, 0.15) is 32.6 Å². The number of nitrogens with one attached hydrogen (secondary N) is 1. The number of carbonyl (C=O) groups is 3. The Balaban J connectivity index is 2.46. The molecule has 0 bridgehead atoms. The van der Waals surface area contributed by atoms with Crippen molar-refractivity contribution >= 4 is 18.0 Å². The molecule has 0 radical (unpaired) electrons. The summed E-state index contributed by atoms with van der Waals surface area (Å²) in [5.41, 5.74) is -0.545. The van der Waals surface area contributed by atoms with Crippen LogP contribution in [-0.4, -0.2) is 39.9 Å². The van der Waals surface area contributed by atoms with Crippen molar-refractivity contribution in [1.29, 1.82) is 0 Å². The molecule has 7 nitrogen and oxygen atoms in total. The standard InChI is InChI=1S/C10H15NO6/c1-10(3-2-4-10)17-9(16)11-6(8(14)15)5-7(12)13/h6H,2-5H2,1H3,(H,11,16)(H,12,13)(H,14,15)/t6-/m0/s1. The maximum absolute atomic E-state index is 11.4. The van der Waals surface area contributed by atoms with Crippen molar-refractivity contribution in [2.45, 2.75) is 44.2 Å². The predicted octanol–water partition coefficient (Wildman–Crippen LogP) is 0.583. The molecule has 0 aliphatic heterocycles. The quantitative estimate of drug-likeness (QED) is 0.653. The number of amides is 1. The van der Waals surface area contributed by atoms with Gasteiger partial charge in [-0.1, -0.05) is 0 Å². The molecule has 1 fully saturated rings. The van der Waals surface area contributed by atoms with Crippen molar-refractivity contribution in [3.63, 3.8) is 0 Å². The van der Waals surface area contributed by atoms with Crippen LogP contribution >= 0.6 is 0 Å². The average Bonchev–Trinajstić information content (AvgIpc) is 2.13. The van der Waals surface area contributed by atoms with Crippen LogP contribution in [0.2, 0.25) is 0 Å². The van der Waals surface area contributed by atoms with Crippen LogP contribution in [-0.2, 0) is 14.3 Å². The number of hydrogen-bond donors (Lipinski definition) is 3. The molecule has 7 heteroatoms. The molecule has 96 valence electrons. The molecule has 17 heavy (non-hydrogen) atoms. The van der Waals surface area contributed by atoms with E-state index in [0.717, 1.165) is 19.3 Å². The number of rotatable bonds is 5. The highest BCUT2D eigenvalue weighted by Crippen LogP contribution is 2.34. The van der Waals surface area contributed by atoms with Crippen LogP contribution in [0.3, 0.4) is 0 Å². The molecular weight excluding hydrogens is 230 g/mol. The van der Waals surface area contributed by atoms with Gasteiger partial charge in [-0.2, -0.15) is 0 Å². The van der Waals surface area contributed by atoms with Gasteiger partial charge in [-0.3, -0.25) is 4.79 Å². The van der Waals surface area contributed by atoms with Gasteiger partial charge >= 0.3 is 18.0 Å². The lowest BCUT2D eigenvalue weighted by atomic mass is 9.82. The molecule has 0 aromatic rings. The van der Waals surface area contributed by atoms with E-state index in [1.54, 1.807) is 6.92 Å². The minimum Gasteiger partial charge on any atom is -0.481 e. The lowest BCUT2D eigenvalue weighted by Gasteiger charge is -2.37. The Kier molecular flexibility index (Phi) is 3.93. The van der Waals surface area contributed by atoms with E-state index in [0.29, 0.717) is 0 Å². The van der Waals surface area contributed by atoms with Crippen molar-refractivity contribution in [3.8, 4) is 0 Å². The Bertz CT molecular complexity index is 336. The summed E-state index contributed by atoms with van der Waals surface area (Å²) in [6, 6.07) is -1.47. The van der Waals surface area contributed by atoms with Crippen LogP contribution in [0.15, 0.2) is 0 Å². The van der Waals surface area contributed by atoms with E-state index in [-0.39, 0.29) is 0 Å². The van der Waals surface area contributed by atoms with Gasteiger partial charge in [0.05, 0.1) is 6.42 Å². The van der Waals surface area contributed by atoms with Crippen LogP contribution in [0.25, 0.3) is 0 Å². The van der Waals surface area contributed by atoms with Crippen molar-refractivity contribution in [1.82, 2.24) is 5.32 Å². The molecule has 0 saturated heterocycles. The number of hydrogen-bond acceptors (Lipinski definition) is 4. The van der Waals surface area contributed by atoms with Gasteiger partial charge in [0.15, 0.2) is 0 Å². The summed E-state index contributed by atoms with van der Waals surface area (Å²) < 4.78 is 5.03. The molecule has 1 rings (SSSR count). The van der Waals surface area contributed by atoms with E-state index in [1.165, 1.54) is 0 Å². The highest BCUT2D eigenvalue weighted by atomic mass is 16.6. The molecule has 0 spiro atoms. The van der Waals surface area contributed by atoms with Crippen LogP contribution in [0.4, 0.5) is 4.79 Å². The topological polar surface area (TPSA) is 113 Å². The van der Waals surface area contributed by atoms with Gasteiger partial charge in [0.1, 0.15) is 11.6 Å². The lowest BCUT2D eigenvalue weighted by molar-refractivity contribution is -0.146. The second-order valence-corrected chi connectivity index (χ2v) is 4.33. The molecule has 0 aromatic carbocycles. The third-order valence-electron chi connectivity index (χ3n) is 2.72. The summed E-state index contributed by atoms with van der Waals surface area (Å²) in [4.78, 5) is 32.4. The Labute approximate surface area is 97.8 Å². The minimum atomic E-state index is -1.47. The molecule has 1 amide bonds. The summed E-state index contributed by atoms with van der Waals surface area (Å²) >= 11 is 0. The molecule has 1 aliphatic carbocycles. The Morgan fingerprint density at radius 2 is 1.94 bits per heavy atom. The number of carboxylic acid groups (broad SMARTS) is 2. The monoisotopic (exact) mass is 245 g/mol. The van der Waals surface area contributed by atoms with Crippen molar-refractivity contribution in [2.75, 3.05) is 0 Å². The largest absolute Gasteiger partial charge is 0.481 e. The van der Waals surface area contributed by atoms with E-state index >= 15 is 0 Å².